The van der Waals surface area contributed by atoms with E-state index in [-0.39, 0.29) is 17.9 Å². The molecule has 2 N–H and O–H groups in total. The largest absolute Gasteiger partial charge is 0.497 e. The minimum atomic E-state index is -0.143. The van der Waals surface area contributed by atoms with Crippen LogP contribution in [0.5, 0.6) is 5.75 Å². The van der Waals surface area contributed by atoms with Crippen LogP contribution >= 0.6 is 11.3 Å². The molecule has 0 unspecified atom stereocenters. The number of amides is 2. The van der Waals surface area contributed by atoms with Crippen LogP contribution < -0.4 is 20.3 Å². The molecule has 1 aliphatic rings. The summed E-state index contributed by atoms with van der Waals surface area (Å²) in [5.41, 5.74) is 2.43. The number of carbonyl (C=O) groups excluding carboxylic acids is 2. The number of ether oxygens (including phenoxy) is 1. The van der Waals surface area contributed by atoms with E-state index in [9.17, 15) is 9.59 Å². The third-order valence-electron chi connectivity index (χ3n) is 5.42. The Morgan fingerprint density at radius 3 is 2.29 bits per heavy atom. The number of anilines is 2. The van der Waals surface area contributed by atoms with Crippen LogP contribution in [0.25, 0.3) is 0 Å². The summed E-state index contributed by atoms with van der Waals surface area (Å²) in [5.74, 6) is 0.623. The lowest BCUT2D eigenvalue weighted by Gasteiger charge is -2.34. The van der Waals surface area contributed by atoms with Gasteiger partial charge >= 0.3 is 0 Å². The van der Waals surface area contributed by atoms with Gasteiger partial charge in [0.1, 0.15) is 5.75 Å². The maximum atomic E-state index is 12.6. The van der Waals surface area contributed by atoms with Gasteiger partial charge in [-0.1, -0.05) is 6.07 Å². The second kappa shape index (κ2) is 9.66. The van der Waals surface area contributed by atoms with Gasteiger partial charge in [-0.3, -0.25) is 9.59 Å². The molecule has 3 aromatic rings. The topological polar surface area (TPSA) is 70.7 Å². The molecule has 7 heteroatoms. The Hall–Kier alpha value is -3.32. The first kappa shape index (κ1) is 20.9. The van der Waals surface area contributed by atoms with E-state index < -0.39 is 0 Å². The van der Waals surface area contributed by atoms with Gasteiger partial charge < -0.3 is 20.3 Å². The van der Waals surface area contributed by atoms with Crippen molar-refractivity contribution in [2.75, 3.05) is 30.4 Å². The number of methoxy groups -OCH3 is 1. The summed E-state index contributed by atoms with van der Waals surface area (Å²) < 4.78 is 5.22. The van der Waals surface area contributed by atoms with Gasteiger partial charge in [0, 0.05) is 36.1 Å². The van der Waals surface area contributed by atoms with E-state index >= 15 is 0 Å². The second-order valence-electron chi connectivity index (χ2n) is 7.44. The quantitative estimate of drug-likeness (QED) is 0.602. The summed E-state index contributed by atoms with van der Waals surface area (Å²) in [7, 11) is 1.66. The lowest BCUT2D eigenvalue weighted by molar-refractivity contribution is 0.0930. The highest BCUT2D eigenvalue weighted by molar-refractivity contribution is 7.12. The predicted octanol–water partition coefficient (Wildman–Crippen LogP) is 4.41. The van der Waals surface area contributed by atoms with Gasteiger partial charge in [0.05, 0.1) is 12.0 Å². The molecule has 0 atom stereocenters. The Balaban J connectivity index is 1.27. The molecule has 0 saturated carbocycles. The molecule has 4 rings (SSSR count). The molecule has 160 valence electrons. The number of rotatable bonds is 6. The van der Waals surface area contributed by atoms with Gasteiger partial charge in [0.15, 0.2) is 0 Å². The van der Waals surface area contributed by atoms with Crippen molar-refractivity contribution in [1.29, 1.82) is 0 Å². The maximum absolute atomic E-state index is 12.6. The average Bonchev–Trinajstić information content (AvgIpc) is 3.35. The number of piperidine rings is 1. The van der Waals surface area contributed by atoms with Crippen molar-refractivity contribution in [3.63, 3.8) is 0 Å². The van der Waals surface area contributed by atoms with E-state index in [4.69, 9.17) is 4.74 Å². The molecule has 1 aliphatic heterocycles. The first-order valence-electron chi connectivity index (χ1n) is 10.3. The second-order valence-corrected chi connectivity index (χ2v) is 8.39. The predicted molar refractivity (Wildman–Crippen MR) is 124 cm³/mol. The number of nitrogens with zero attached hydrogens (tertiary/aromatic N) is 1. The zero-order valence-corrected chi connectivity index (χ0v) is 18.2. The first-order chi connectivity index (χ1) is 15.1. The fourth-order valence-corrected chi connectivity index (χ4v) is 4.27. The molecule has 0 aliphatic carbocycles. The molecule has 6 nitrogen and oxygen atoms in total. The third-order valence-corrected chi connectivity index (χ3v) is 6.29. The molecule has 2 heterocycles. The SMILES string of the molecule is COc1ccc(N2CCC(NC(=O)c3ccc(NC(=O)c4cccs4)cc3)CC2)cc1. The van der Waals surface area contributed by atoms with Crippen molar-refractivity contribution < 1.29 is 14.3 Å². The summed E-state index contributed by atoms with van der Waals surface area (Å²) in [6.45, 7) is 1.79. The van der Waals surface area contributed by atoms with E-state index in [1.54, 1.807) is 37.4 Å². The van der Waals surface area contributed by atoms with Crippen molar-refractivity contribution >= 4 is 34.5 Å². The van der Waals surface area contributed by atoms with Gasteiger partial charge in [0.25, 0.3) is 11.8 Å². The Morgan fingerprint density at radius 2 is 1.68 bits per heavy atom. The fourth-order valence-electron chi connectivity index (χ4n) is 3.65. The Bertz CT molecular complexity index is 1010. The molecule has 2 aromatic carbocycles. The van der Waals surface area contributed by atoms with Gasteiger partial charge in [-0.25, -0.2) is 0 Å². The average molecular weight is 436 g/mol. The van der Waals surface area contributed by atoms with Crippen LogP contribution in [0.2, 0.25) is 0 Å². The van der Waals surface area contributed by atoms with Gasteiger partial charge in [-0.15, -0.1) is 11.3 Å². The summed E-state index contributed by atoms with van der Waals surface area (Å²) in [6, 6.07) is 18.8. The molecular weight excluding hydrogens is 410 g/mol. The molecule has 2 amide bonds. The number of hydrogen-bond acceptors (Lipinski definition) is 5. The number of nitrogens with one attached hydrogen (secondary N) is 2. The van der Waals surface area contributed by atoms with E-state index in [1.165, 1.54) is 17.0 Å². The van der Waals surface area contributed by atoms with Crippen LogP contribution in [0, 0.1) is 0 Å². The van der Waals surface area contributed by atoms with Crippen LogP contribution in [0.15, 0.2) is 66.0 Å². The minimum absolute atomic E-state index is 0.0842. The monoisotopic (exact) mass is 435 g/mol. The lowest BCUT2D eigenvalue weighted by atomic mass is 10.0. The summed E-state index contributed by atoms with van der Waals surface area (Å²) in [5, 5.41) is 7.85. The maximum Gasteiger partial charge on any atom is 0.265 e. The van der Waals surface area contributed by atoms with Gasteiger partial charge in [-0.2, -0.15) is 0 Å². The molecular formula is C24H25N3O3S. The smallest absolute Gasteiger partial charge is 0.265 e. The van der Waals surface area contributed by atoms with Crippen LogP contribution in [-0.4, -0.2) is 38.1 Å². The van der Waals surface area contributed by atoms with E-state index in [0.717, 1.165) is 31.7 Å². The molecule has 31 heavy (non-hydrogen) atoms. The normalized spacial score (nSPS) is 14.2. The molecule has 0 spiro atoms. The van der Waals surface area contributed by atoms with E-state index in [2.05, 4.69) is 27.7 Å². The van der Waals surface area contributed by atoms with Crippen molar-refractivity contribution in [2.45, 2.75) is 18.9 Å². The van der Waals surface area contributed by atoms with Crippen LogP contribution in [-0.2, 0) is 0 Å². The van der Waals surface area contributed by atoms with Crippen molar-refractivity contribution in [3.05, 3.63) is 76.5 Å². The highest BCUT2D eigenvalue weighted by atomic mass is 32.1. The zero-order valence-electron chi connectivity index (χ0n) is 17.3. The summed E-state index contributed by atoms with van der Waals surface area (Å²) in [6.07, 6.45) is 1.79. The van der Waals surface area contributed by atoms with Crippen LogP contribution in [0.1, 0.15) is 32.9 Å². The van der Waals surface area contributed by atoms with Crippen LogP contribution in [0.3, 0.4) is 0 Å². The number of hydrogen-bond donors (Lipinski definition) is 2. The number of thiophene rings is 1. The Morgan fingerprint density at radius 1 is 0.968 bits per heavy atom. The molecule has 1 fully saturated rings. The van der Waals surface area contributed by atoms with Crippen molar-refractivity contribution in [1.82, 2.24) is 5.32 Å². The minimum Gasteiger partial charge on any atom is -0.497 e. The van der Waals surface area contributed by atoms with Gasteiger partial charge in [0.2, 0.25) is 0 Å². The Kier molecular flexibility index (Phi) is 6.52. The summed E-state index contributed by atoms with van der Waals surface area (Å²) >= 11 is 1.39. The molecule has 1 saturated heterocycles. The zero-order chi connectivity index (χ0) is 21.6. The Labute approximate surface area is 185 Å². The van der Waals surface area contributed by atoms with Crippen molar-refractivity contribution in [3.8, 4) is 5.75 Å². The fraction of sp³-hybridized carbons (Fsp3) is 0.250. The lowest BCUT2D eigenvalue weighted by Crippen LogP contribution is -2.44. The third kappa shape index (κ3) is 5.24. The molecule has 0 bridgehead atoms. The number of benzene rings is 2. The highest BCUT2D eigenvalue weighted by Crippen LogP contribution is 2.23. The number of carbonyl (C=O) groups is 2. The van der Waals surface area contributed by atoms with Gasteiger partial charge in [-0.05, 0) is 72.8 Å². The van der Waals surface area contributed by atoms with Crippen LogP contribution in [0.4, 0.5) is 11.4 Å². The summed E-state index contributed by atoms with van der Waals surface area (Å²) in [4.78, 5) is 27.7. The van der Waals surface area contributed by atoms with E-state index in [0.29, 0.717) is 16.1 Å². The van der Waals surface area contributed by atoms with E-state index in [1.807, 2.05) is 23.6 Å². The molecule has 0 radical (unpaired) electrons. The first-order valence-corrected chi connectivity index (χ1v) is 11.1. The van der Waals surface area contributed by atoms with Crippen molar-refractivity contribution in [2.24, 2.45) is 0 Å². The standard InChI is InChI=1S/C24H25N3O3S/c1-30-21-10-8-20(9-11-21)27-14-12-19(13-15-27)25-23(28)17-4-6-18(7-5-17)26-24(29)22-3-2-16-31-22/h2-11,16,19H,12-15H2,1H3,(H,25,28)(H,26,29). The molecule has 1 aromatic heterocycles. The highest BCUT2D eigenvalue weighted by Gasteiger charge is 2.21.